The first-order chi connectivity index (χ1) is 10.0. The number of pyridine rings is 1. The van der Waals surface area contributed by atoms with Crippen LogP contribution in [0.4, 0.5) is 5.69 Å². The van der Waals surface area contributed by atoms with Gasteiger partial charge in [0.1, 0.15) is 10.8 Å². The molecular formula is C13H9ClN2O5. The van der Waals surface area contributed by atoms with Crippen LogP contribution in [0, 0.1) is 10.1 Å². The van der Waals surface area contributed by atoms with Crippen LogP contribution in [0.1, 0.15) is 10.4 Å². The zero-order valence-corrected chi connectivity index (χ0v) is 11.5. The zero-order valence-electron chi connectivity index (χ0n) is 10.8. The van der Waals surface area contributed by atoms with Crippen LogP contribution in [0.25, 0.3) is 0 Å². The van der Waals surface area contributed by atoms with Crippen molar-refractivity contribution in [1.29, 1.82) is 0 Å². The first-order valence-electron chi connectivity index (χ1n) is 5.67. The van der Waals surface area contributed by atoms with E-state index < -0.39 is 10.9 Å². The van der Waals surface area contributed by atoms with Gasteiger partial charge in [0.2, 0.25) is 5.88 Å². The third kappa shape index (κ3) is 3.46. The van der Waals surface area contributed by atoms with E-state index in [-0.39, 0.29) is 27.9 Å². The first-order valence-corrected chi connectivity index (χ1v) is 6.05. The minimum atomic E-state index is -0.595. The van der Waals surface area contributed by atoms with Crippen molar-refractivity contribution in [2.24, 2.45) is 0 Å². The van der Waals surface area contributed by atoms with Crippen LogP contribution >= 0.6 is 11.6 Å². The molecule has 0 saturated carbocycles. The molecule has 0 aliphatic carbocycles. The molecule has 108 valence electrons. The van der Waals surface area contributed by atoms with E-state index in [1.807, 2.05) is 0 Å². The van der Waals surface area contributed by atoms with Crippen molar-refractivity contribution in [2.45, 2.75) is 0 Å². The van der Waals surface area contributed by atoms with Crippen molar-refractivity contribution in [3.63, 3.8) is 0 Å². The van der Waals surface area contributed by atoms with Gasteiger partial charge in [-0.2, -0.15) is 0 Å². The Balaban J connectivity index is 2.24. The third-order valence-corrected chi connectivity index (χ3v) is 2.80. The smallest absolute Gasteiger partial charge is 0.338 e. The van der Waals surface area contributed by atoms with Gasteiger partial charge in [-0.15, -0.1) is 0 Å². The Hall–Kier alpha value is -2.67. The maximum atomic E-state index is 11.4. The Bertz CT molecular complexity index is 705. The van der Waals surface area contributed by atoms with Gasteiger partial charge in [0.25, 0.3) is 5.69 Å². The van der Waals surface area contributed by atoms with E-state index in [1.165, 1.54) is 43.6 Å². The van der Waals surface area contributed by atoms with Crippen molar-refractivity contribution < 1.29 is 19.2 Å². The molecule has 1 aromatic heterocycles. The van der Waals surface area contributed by atoms with Gasteiger partial charge in [0.05, 0.1) is 17.6 Å². The predicted octanol–water partition coefficient (Wildman–Crippen LogP) is 3.22. The lowest BCUT2D eigenvalue weighted by Crippen LogP contribution is -2.01. The summed E-state index contributed by atoms with van der Waals surface area (Å²) < 4.78 is 9.99. The number of carbonyl (C=O) groups excluding carboxylic acids is 1. The van der Waals surface area contributed by atoms with E-state index in [0.29, 0.717) is 0 Å². The van der Waals surface area contributed by atoms with Crippen LogP contribution < -0.4 is 4.74 Å². The molecule has 0 spiro atoms. The van der Waals surface area contributed by atoms with Gasteiger partial charge in [-0.3, -0.25) is 10.1 Å². The predicted molar refractivity (Wildman–Crippen MR) is 73.8 cm³/mol. The minimum absolute atomic E-state index is 0.0541. The highest BCUT2D eigenvalue weighted by Gasteiger charge is 2.14. The molecule has 0 bridgehead atoms. The first kappa shape index (κ1) is 14.7. The second kappa shape index (κ2) is 6.19. The molecule has 0 aliphatic rings. The van der Waals surface area contributed by atoms with Gasteiger partial charge < -0.3 is 9.47 Å². The highest BCUT2D eigenvalue weighted by atomic mass is 35.5. The molecule has 21 heavy (non-hydrogen) atoms. The van der Waals surface area contributed by atoms with Crippen LogP contribution in [-0.2, 0) is 4.74 Å². The van der Waals surface area contributed by atoms with Gasteiger partial charge in [-0.05, 0) is 12.1 Å². The SMILES string of the molecule is COC(=O)c1ccnc(Oc2ccc([N+](=O)[O-])c(Cl)c2)c1. The van der Waals surface area contributed by atoms with Crippen LogP contribution in [0.2, 0.25) is 5.02 Å². The lowest BCUT2D eigenvalue weighted by atomic mass is 10.2. The number of ether oxygens (including phenoxy) is 2. The number of nitro groups is 1. The van der Waals surface area contributed by atoms with Crippen LogP contribution in [-0.4, -0.2) is 23.0 Å². The normalized spacial score (nSPS) is 10.0. The summed E-state index contributed by atoms with van der Waals surface area (Å²) in [5, 5.41) is 10.6. The summed E-state index contributed by atoms with van der Waals surface area (Å²) in [7, 11) is 1.26. The Morgan fingerprint density at radius 2 is 2.10 bits per heavy atom. The van der Waals surface area contributed by atoms with Crippen molar-refractivity contribution in [2.75, 3.05) is 7.11 Å². The summed E-state index contributed by atoms with van der Waals surface area (Å²) >= 11 is 5.78. The molecule has 8 heteroatoms. The van der Waals surface area contributed by atoms with E-state index >= 15 is 0 Å². The fourth-order valence-corrected chi connectivity index (χ4v) is 1.77. The fraction of sp³-hybridized carbons (Fsp3) is 0.0769. The van der Waals surface area contributed by atoms with Crippen molar-refractivity contribution >= 4 is 23.3 Å². The molecule has 7 nitrogen and oxygen atoms in total. The van der Waals surface area contributed by atoms with Gasteiger partial charge in [0, 0.05) is 24.4 Å². The molecule has 1 aromatic carbocycles. The second-order valence-corrected chi connectivity index (χ2v) is 4.25. The number of methoxy groups -OCH3 is 1. The van der Waals surface area contributed by atoms with E-state index in [4.69, 9.17) is 16.3 Å². The second-order valence-electron chi connectivity index (χ2n) is 3.85. The molecule has 0 aliphatic heterocycles. The van der Waals surface area contributed by atoms with E-state index in [9.17, 15) is 14.9 Å². The number of benzene rings is 1. The molecule has 2 aromatic rings. The summed E-state index contributed by atoms with van der Waals surface area (Å²) in [5.41, 5.74) is 0.0517. The van der Waals surface area contributed by atoms with Crippen LogP contribution in [0.5, 0.6) is 11.6 Å². The highest BCUT2D eigenvalue weighted by Crippen LogP contribution is 2.30. The van der Waals surface area contributed by atoms with E-state index in [0.717, 1.165) is 0 Å². The number of esters is 1. The Kier molecular flexibility index (Phi) is 4.34. The lowest BCUT2D eigenvalue weighted by Gasteiger charge is -2.06. The zero-order chi connectivity index (χ0) is 15.4. The molecule has 0 fully saturated rings. The van der Waals surface area contributed by atoms with Crippen molar-refractivity contribution in [1.82, 2.24) is 4.98 Å². The van der Waals surface area contributed by atoms with E-state index in [1.54, 1.807) is 0 Å². The number of nitrogens with zero attached hydrogens (tertiary/aromatic N) is 2. The topological polar surface area (TPSA) is 91.6 Å². The fourth-order valence-electron chi connectivity index (χ4n) is 1.53. The average molecular weight is 309 g/mol. The third-order valence-electron chi connectivity index (χ3n) is 2.49. The number of nitro benzene ring substituents is 1. The average Bonchev–Trinajstić information content (AvgIpc) is 2.46. The maximum absolute atomic E-state index is 11.4. The number of carbonyl (C=O) groups is 1. The molecule has 0 unspecified atom stereocenters. The van der Waals surface area contributed by atoms with E-state index in [2.05, 4.69) is 9.72 Å². The van der Waals surface area contributed by atoms with Gasteiger partial charge in [-0.25, -0.2) is 9.78 Å². The van der Waals surface area contributed by atoms with Gasteiger partial charge in [0.15, 0.2) is 0 Å². The van der Waals surface area contributed by atoms with Crippen LogP contribution in [0.3, 0.4) is 0 Å². The van der Waals surface area contributed by atoms with Gasteiger partial charge >= 0.3 is 5.97 Å². The number of hydrogen-bond acceptors (Lipinski definition) is 6. The Morgan fingerprint density at radius 3 is 2.71 bits per heavy atom. The Labute approximate surface area is 124 Å². The minimum Gasteiger partial charge on any atom is -0.465 e. The Morgan fingerprint density at radius 1 is 1.33 bits per heavy atom. The number of halogens is 1. The maximum Gasteiger partial charge on any atom is 0.338 e. The number of rotatable bonds is 4. The number of aromatic nitrogens is 1. The largest absolute Gasteiger partial charge is 0.465 e. The highest BCUT2D eigenvalue weighted by molar-refractivity contribution is 6.32. The van der Waals surface area contributed by atoms with Crippen LogP contribution in [0.15, 0.2) is 36.5 Å². The molecule has 0 saturated heterocycles. The summed E-state index contributed by atoms with van der Waals surface area (Å²) in [5.74, 6) is -0.119. The summed E-state index contributed by atoms with van der Waals surface area (Å²) in [6.45, 7) is 0. The lowest BCUT2D eigenvalue weighted by molar-refractivity contribution is -0.384. The summed E-state index contributed by atoms with van der Waals surface area (Å²) in [6, 6.07) is 6.77. The molecule has 0 atom stereocenters. The molecule has 1 heterocycles. The summed E-state index contributed by atoms with van der Waals surface area (Å²) in [6.07, 6.45) is 1.38. The quantitative estimate of drug-likeness (QED) is 0.489. The number of hydrogen-bond donors (Lipinski definition) is 0. The standard InChI is InChI=1S/C13H9ClN2O5/c1-20-13(17)8-4-5-15-12(6-8)21-9-2-3-11(16(18)19)10(14)7-9/h2-7H,1H3. The molecule has 0 amide bonds. The van der Waals surface area contributed by atoms with Gasteiger partial charge in [-0.1, -0.05) is 11.6 Å². The molecule has 0 N–H and O–H groups in total. The van der Waals surface area contributed by atoms with Crippen molar-refractivity contribution in [3.05, 3.63) is 57.2 Å². The molecule has 0 radical (unpaired) electrons. The summed E-state index contributed by atoms with van der Waals surface area (Å²) in [4.78, 5) is 25.4. The monoisotopic (exact) mass is 308 g/mol. The molecule has 2 rings (SSSR count). The van der Waals surface area contributed by atoms with Crippen molar-refractivity contribution in [3.8, 4) is 11.6 Å². The molecular weight excluding hydrogens is 300 g/mol.